The van der Waals surface area contributed by atoms with E-state index in [1.54, 1.807) is 31.4 Å². The van der Waals surface area contributed by atoms with Crippen LogP contribution in [-0.2, 0) is 0 Å². The Balaban J connectivity index is 2.30. The molecule has 0 aliphatic rings. The molecular formula is C16H15Br2NO3. The van der Waals surface area contributed by atoms with Gasteiger partial charge in [-0.1, -0.05) is 0 Å². The van der Waals surface area contributed by atoms with Crippen molar-refractivity contribution in [2.75, 3.05) is 12.4 Å². The zero-order chi connectivity index (χ0) is 16.4. The standard InChI is InChI=1S/C16H15Br2NO3/c1-8-4-10(5-9(2)15(8)22-3)16(21)19-11-6-12(17)14(20)13(18)7-11/h4-7,20H,1-3H3,(H,19,21). The number of carbonyl (C=O) groups excluding carboxylic acids is 1. The number of ether oxygens (including phenoxy) is 1. The quantitative estimate of drug-likeness (QED) is 0.690. The first-order chi connectivity index (χ1) is 10.3. The highest BCUT2D eigenvalue weighted by Crippen LogP contribution is 2.35. The molecule has 0 saturated heterocycles. The zero-order valence-corrected chi connectivity index (χ0v) is 15.5. The average molecular weight is 429 g/mol. The van der Waals surface area contributed by atoms with E-state index >= 15 is 0 Å². The Kier molecular flexibility index (Phi) is 5.13. The molecule has 0 spiro atoms. The maximum absolute atomic E-state index is 12.4. The minimum atomic E-state index is -0.224. The molecule has 6 heteroatoms. The minimum Gasteiger partial charge on any atom is -0.506 e. The molecule has 0 atom stereocenters. The molecule has 0 heterocycles. The average Bonchev–Trinajstić information content (AvgIpc) is 2.44. The van der Waals surface area contributed by atoms with Crippen LogP contribution in [0.4, 0.5) is 5.69 Å². The molecule has 2 rings (SSSR count). The molecule has 2 aromatic rings. The number of aryl methyl sites for hydroxylation is 2. The summed E-state index contributed by atoms with van der Waals surface area (Å²) in [6, 6.07) is 6.85. The summed E-state index contributed by atoms with van der Waals surface area (Å²) in [6.07, 6.45) is 0. The maximum atomic E-state index is 12.4. The molecule has 0 aliphatic carbocycles. The van der Waals surface area contributed by atoms with E-state index in [4.69, 9.17) is 4.74 Å². The van der Waals surface area contributed by atoms with Crippen LogP contribution in [0, 0.1) is 13.8 Å². The number of halogens is 2. The topological polar surface area (TPSA) is 58.6 Å². The van der Waals surface area contributed by atoms with Crippen molar-refractivity contribution in [3.63, 3.8) is 0 Å². The lowest BCUT2D eigenvalue weighted by Crippen LogP contribution is -2.12. The lowest BCUT2D eigenvalue weighted by molar-refractivity contribution is 0.102. The summed E-state index contributed by atoms with van der Waals surface area (Å²) in [5.74, 6) is 0.652. The Labute approximate surface area is 145 Å². The third-order valence-electron chi connectivity index (χ3n) is 3.20. The number of anilines is 1. The summed E-state index contributed by atoms with van der Waals surface area (Å²) in [5, 5.41) is 12.5. The van der Waals surface area contributed by atoms with Gasteiger partial charge in [-0.3, -0.25) is 4.79 Å². The molecule has 0 aromatic heterocycles. The summed E-state index contributed by atoms with van der Waals surface area (Å²) in [5.41, 5.74) is 2.94. The number of phenols is 1. The van der Waals surface area contributed by atoms with Crippen molar-refractivity contribution in [3.05, 3.63) is 49.9 Å². The van der Waals surface area contributed by atoms with Gasteiger partial charge in [0.2, 0.25) is 0 Å². The van der Waals surface area contributed by atoms with E-state index in [0.717, 1.165) is 16.9 Å². The van der Waals surface area contributed by atoms with E-state index in [1.807, 2.05) is 13.8 Å². The van der Waals surface area contributed by atoms with Crippen LogP contribution in [0.1, 0.15) is 21.5 Å². The monoisotopic (exact) mass is 427 g/mol. The van der Waals surface area contributed by atoms with Crippen molar-refractivity contribution in [2.45, 2.75) is 13.8 Å². The van der Waals surface area contributed by atoms with Gasteiger partial charge >= 0.3 is 0 Å². The van der Waals surface area contributed by atoms with Crippen LogP contribution in [0.2, 0.25) is 0 Å². The van der Waals surface area contributed by atoms with Gasteiger partial charge < -0.3 is 15.2 Å². The molecule has 2 N–H and O–H groups in total. The summed E-state index contributed by atoms with van der Waals surface area (Å²) < 4.78 is 6.30. The number of methoxy groups -OCH3 is 1. The fourth-order valence-corrected chi connectivity index (χ4v) is 3.43. The Bertz CT molecular complexity index is 698. The number of rotatable bonds is 3. The molecule has 2 aromatic carbocycles. The Morgan fingerprint density at radius 2 is 1.59 bits per heavy atom. The number of carbonyl (C=O) groups is 1. The molecule has 0 aliphatic heterocycles. The number of phenolic OH excluding ortho intramolecular Hbond substituents is 1. The van der Waals surface area contributed by atoms with Crippen LogP contribution in [-0.4, -0.2) is 18.1 Å². The Morgan fingerprint density at radius 1 is 1.09 bits per heavy atom. The first-order valence-corrected chi connectivity index (χ1v) is 8.06. The van der Waals surface area contributed by atoms with Gasteiger partial charge in [-0.05, 0) is 81.1 Å². The fraction of sp³-hybridized carbons (Fsp3) is 0.188. The summed E-state index contributed by atoms with van der Waals surface area (Å²) >= 11 is 6.47. The largest absolute Gasteiger partial charge is 0.506 e. The summed E-state index contributed by atoms with van der Waals surface area (Å²) in [4.78, 5) is 12.4. The summed E-state index contributed by atoms with van der Waals surface area (Å²) in [7, 11) is 1.61. The number of nitrogens with one attached hydrogen (secondary N) is 1. The zero-order valence-electron chi connectivity index (χ0n) is 12.3. The van der Waals surface area contributed by atoms with Crippen LogP contribution in [0.5, 0.6) is 11.5 Å². The third kappa shape index (κ3) is 3.44. The number of benzene rings is 2. The second-order valence-corrected chi connectivity index (χ2v) is 6.59. The lowest BCUT2D eigenvalue weighted by atomic mass is 10.0. The maximum Gasteiger partial charge on any atom is 0.255 e. The lowest BCUT2D eigenvalue weighted by Gasteiger charge is -2.12. The van der Waals surface area contributed by atoms with Gasteiger partial charge in [0, 0.05) is 11.3 Å². The van der Waals surface area contributed by atoms with Crippen molar-refractivity contribution in [1.29, 1.82) is 0 Å². The van der Waals surface area contributed by atoms with E-state index in [9.17, 15) is 9.90 Å². The van der Waals surface area contributed by atoms with Crippen LogP contribution in [0.3, 0.4) is 0 Å². The molecule has 22 heavy (non-hydrogen) atoms. The molecule has 0 saturated carbocycles. The van der Waals surface area contributed by atoms with Crippen LogP contribution in [0.15, 0.2) is 33.2 Å². The Hall–Kier alpha value is -1.53. The Morgan fingerprint density at radius 3 is 2.05 bits per heavy atom. The summed E-state index contributed by atoms with van der Waals surface area (Å²) in [6.45, 7) is 3.80. The molecule has 4 nitrogen and oxygen atoms in total. The number of hydrogen-bond acceptors (Lipinski definition) is 3. The van der Waals surface area contributed by atoms with Gasteiger partial charge in [0.05, 0.1) is 16.1 Å². The normalized spacial score (nSPS) is 10.4. The number of amides is 1. The molecule has 1 amide bonds. The molecule has 0 radical (unpaired) electrons. The molecular weight excluding hydrogens is 414 g/mol. The van der Waals surface area contributed by atoms with E-state index in [0.29, 0.717) is 20.2 Å². The number of hydrogen-bond donors (Lipinski definition) is 2. The highest BCUT2D eigenvalue weighted by molar-refractivity contribution is 9.11. The van der Waals surface area contributed by atoms with Gasteiger partial charge in [0.15, 0.2) is 0 Å². The van der Waals surface area contributed by atoms with E-state index in [2.05, 4.69) is 37.2 Å². The predicted molar refractivity (Wildman–Crippen MR) is 93.9 cm³/mol. The third-order valence-corrected chi connectivity index (χ3v) is 4.41. The highest BCUT2D eigenvalue weighted by Gasteiger charge is 2.13. The van der Waals surface area contributed by atoms with Gasteiger partial charge in [-0.15, -0.1) is 0 Å². The SMILES string of the molecule is COc1c(C)cc(C(=O)Nc2cc(Br)c(O)c(Br)c2)cc1C. The molecule has 116 valence electrons. The predicted octanol–water partition coefficient (Wildman–Crippen LogP) is 4.79. The number of aromatic hydroxyl groups is 1. The van der Waals surface area contributed by atoms with E-state index in [1.165, 1.54) is 0 Å². The van der Waals surface area contributed by atoms with Gasteiger partial charge in [0.1, 0.15) is 11.5 Å². The fourth-order valence-electron chi connectivity index (χ4n) is 2.24. The molecule has 0 fully saturated rings. The van der Waals surface area contributed by atoms with Crippen molar-refractivity contribution < 1.29 is 14.6 Å². The first kappa shape index (κ1) is 16.8. The van der Waals surface area contributed by atoms with E-state index in [-0.39, 0.29) is 11.7 Å². The van der Waals surface area contributed by atoms with Crippen LogP contribution in [0.25, 0.3) is 0 Å². The van der Waals surface area contributed by atoms with Crippen molar-refractivity contribution in [2.24, 2.45) is 0 Å². The van der Waals surface area contributed by atoms with Crippen LogP contribution >= 0.6 is 31.9 Å². The van der Waals surface area contributed by atoms with Crippen molar-refractivity contribution >= 4 is 43.5 Å². The highest BCUT2D eigenvalue weighted by atomic mass is 79.9. The molecule has 0 unspecified atom stereocenters. The van der Waals surface area contributed by atoms with E-state index < -0.39 is 0 Å². The van der Waals surface area contributed by atoms with Gasteiger partial charge in [-0.2, -0.15) is 0 Å². The van der Waals surface area contributed by atoms with Gasteiger partial charge in [0.25, 0.3) is 5.91 Å². The second-order valence-electron chi connectivity index (χ2n) is 4.89. The van der Waals surface area contributed by atoms with Crippen molar-refractivity contribution in [3.8, 4) is 11.5 Å². The second kappa shape index (κ2) is 6.71. The van der Waals surface area contributed by atoms with Crippen molar-refractivity contribution in [1.82, 2.24) is 0 Å². The smallest absolute Gasteiger partial charge is 0.255 e. The first-order valence-electron chi connectivity index (χ1n) is 6.48. The molecule has 0 bridgehead atoms. The van der Waals surface area contributed by atoms with Crippen LogP contribution < -0.4 is 10.1 Å². The minimum absolute atomic E-state index is 0.0918. The van der Waals surface area contributed by atoms with Gasteiger partial charge in [-0.25, -0.2) is 0 Å².